The molecule has 0 radical (unpaired) electrons. The number of aromatic nitrogens is 1. The van der Waals surface area contributed by atoms with E-state index in [1.165, 1.54) is 12.1 Å². The Kier molecular flexibility index (Phi) is 6.11. The number of nitrogens with zero attached hydrogens (tertiary/aromatic N) is 1. The highest BCUT2D eigenvalue weighted by Gasteiger charge is 2.33. The standard InChI is InChI=1S/C23H17F3N2O2/c1-2-15-8-9-19(12-20(15)23(24,25)26)28-22(30)13-21(29)17-6-3-5-16(11-17)18-7-4-10-27-14-18/h2-12,14H,1,13H2,(H,28,30). The lowest BCUT2D eigenvalue weighted by atomic mass is 10.0. The van der Waals surface area contributed by atoms with E-state index >= 15 is 0 Å². The second-order valence-corrected chi connectivity index (χ2v) is 6.47. The fourth-order valence-electron chi connectivity index (χ4n) is 2.92. The number of alkyl halides is 3. The smallest absolute Gasteiger partial charge is 0.326 e. The minimum absolute atomic E-state index is 0.0464. The van der Waals surface area contributed by atoms with E-state index in [4.69, 9.17) is 0 Å². The van der Waals surface area contributed by atoms with Gasteiger partial charge in [0.25, 0.3) is 0 Å². The molecule has 30 heavy (non-hydrogen) atoms. The van der Waals surface area contributed by atoms with Crippen LogP contribution < -0.4 is 5.32 Å². The Morgan fingerprint density at radius 1 is 1.03 bits per heavy atom. The van der Waals surface area contributed by atoms with Crippen LogP contribution >= 0.6 is 0 Å². The molecule has 3 rings (SSSR count). The van der Waals surface area contributed by atoms with Crippen molar-refractivity contribution in [1.29, 1.82) is 0 Å². The van der Waals surface area contributed by atoms with Gasteiger partial charge in [0.05, 0.1) is 12.0 Å². The molecule has 1 aromatic heterocycles. The molecule has 0 aliphatic rings. The third-order valence-electron chi connectivity index (χ3n) is 4.36. The van der Waals surface area contributed by atoms with Gasteiger partial charge < -0.3 is 5.32 Å². The van der Waals surface area contributed by atoms with Gasteiger partial charge >= 0.3 is 6.18 Å². The van der Waals surface area contributed by atoms with Crippen LogP contribution in [0.5, 0.6) is 0 Å². The lowest BCUT2D eigenvalue weighted by molar-refractivity contribution is -0.137. The highest BCUT2D eigenvalue weighted by Crippen LogP contribution is 2.34. The summed E-state index contributed by atoms with van der Waals surface area (Å²) in [5.41, 5.74) is 0.858. The minimum atomic E-state index is -4.59. The highest BCUT2D eigenvalue weighted by atomic mass is 19.4. The van der Waals surface area contributed by atoms with Crippen molar-refractivity contribution in [1.82, 2.24) is 4.98 Å². The maximum absolute atomic E-state index is 13.1. The number of carbonyl (C=O) groups is 2. The number of ketones is 1. The SMILES string of the molecule is C=Cc1ccc(NC(=O)CC(=O)c2cccc(-c3cccnc3)c2)cc1C(F)(F)F. The summed E-state index contributed by atoms with van der Waals surface area (Å²) < 4.78 is 39.4. The molecule has 4 nitrogen and oxygen atoms in total. The van der Waals surface area contributed by atoms with E-state index in [1.807, 2.05) is 12.1 Å². The first-order valence-electron chi connectivity index (χ1n) is 8.95. The largest absolute Gasteiger partial charge is 0.417 e. The number of hydrogen-bond donors (Lipinski definition) is 1. The molecule has 0 unspecified atom stereocenters. The number of pyridine rings is 1. The van der Waals surface area contributed by atoms with Crippen LogP contribution in [0.1, 0.15) is 27.9 Å². The molecule has 0 atom stereocenters. The van der Waals surface area contributed by atoms with Crippen LogP contribution in [0, 0.1) is 0 Å². The van der Waals surface area contributed by atoms with Crippen molar-refractivity contribution in [2.45, 2.75) is 12.6 Å². The Balaban J connectivity index is 1.73. The molecule has 3 aromatic rings. The van der Waals surface area contributed by atoms with E-state index in [9.17, 15) is 22.8 Å². The van der Waals surface area contributed by atoms with Crippen LogP contribution in [0.3, 0.4) is 0 Å². The summed E-state index contributed by atoms with van der Waals surface area (Å²) in [7, 11) is 0. The van der Waals surface area contributed by atoms with Crippen molar-refractivity contribution in [3.8, 4) is 11.1 Å². The van der Waals surface area contributed by atoms with Gasteiger partial charge in [-0.25, -0.2) is 0 Å². The molecule has 7 heteroatoms. The van der Waals surface area contributed by atoms with Gasteiger partial charge in [0.1, 0.15) is 0 Å². The Morgan fingerprint density at radius 2 is 1.80 bits per heavy atom. The number of hydrogen-bond acceptors (Lipinski definition) is 3. The molecule has 0 saturated heterocycles. The first kappa shape index (κ1) is 21.0. The lowest BCUT2D eigenvalue weighted by Gasteiger charge is -2.13. The number of carbonyl (C=O) groups excluding carboxylic acids is 2. The van der Waals surface area contributed by atoms with E-state index in [0.29, 0.717) is 5.56 Å². The van der Waals surface area contributed by atoms with Gasteiger partial charge in [-0.1, -0.05) is 43.0 Å². The predicted octanol–water partition coefficient (Wildman–Crippen LogP) is 5.62. The van der Waals surface area contributed by atoms with E-state index in [2.05, 4.69) is 16.9 Å². The molecule has 0 fully saturated rings. The fourth-order valence-corrected chi connectivity index (χ4v) is 2.92. The van der Waals surface area contributed by atoms with Crippen LogP contribution in [-0.2, 0) is 11.0 Å². The monoisotopic (exact) mass is 410 g/mol. The molecule has 1 amide bonds. The zero-order valence-corrected chi connectivity index (χ0v) is 15.7. The van der Waals surface area contributed by atoms with E-state index in [0.717, 1.165) is 23.3 Å². The van der Waals surface area contributed by atoms with Crippen molar-refractivity contribution in [2.24, 2.45) is 0 Å². The van der Waals surface area contributed by atoms with Crippen LogP contribution in [0.4, 0.5) is 18.9 Å². The summed E-state index contributed by atoms with van der Waals surface area (Å²) in [6.07, 6.45) is -0.711. The fraction of sp³-hybridized carbons (Fsp3) is 0.0870. The number of anilines is 1. The Hall–Kier alpha value is -3.74. The lowest BCUT2D eigenvalue weighted by Crippen LogP contribution is -2.17. The van der Waals surface area contributed by atoms with E-state index < -0.39 is 29.9 Å². The molecular formula is C23H17F3N2O2. The molecule has 2 aromatic carbocycles. The van der Waals surface area contributed by atoms with Gasteiger partial charge in [-0.15, -0.1) is 0 Å². The molecule has 0 aliphatic carbocycles. The number of benzene rings is 2. The van der Waals surface area contributed by atoms with Crippen LogP contribution in [0.15, 0.2) is 73.6 Å². The van der Waals surface area contributed by atoms with Crippen molar-refractivity contribution in [3.05, 3.63) is 90.3 Å². The van der Waals surface area contributed by atoms with Crippen molar-refractivity contribution >= 4 is 23.5 Å². The zero-order chi connectivity index (χ0) is 21.7. The third-order valence-corrected chi connectivity index (χ3v) is 4.36. The highest BCUT2D eigenvalue weighted by molar-refractivity contribution is 6.11. The van der Waals surface area contributed by atoms with Gasteiger partial charge in [-0.2, -0.15) is 13.2 Å². The minimum Gasteiger partial charge on any atom is -0.326 e. The Morgan fingerprint density at radius 3 is 2.47 bits per heavy atom. The average molecular weight is 410 g/mol. The number of amides is 1. The Labute approximate surface area is 171 Å². The average Bonchev–Trinajstić information content (AvgIpc) is 2.73. The van der Waals surface area contributed by atoms with Gasteiger partial charge in [0.15, 0.2) is 5.78 Å². The molecular weight excluding hydrogens is 393 g/mol. The summed E-state index contributed by atoms with van der Waals surface area (Å²) in [6.45, 7) is 3.36. The van der Waals surface area contributed by atoms with Gasteiger partial charge in [0.2, 0.25) is 5.91 Å². The molecule has 1 heterocycles. The second kappa shape index (κ2) is 8.73. The first-order valence-corrected chi connectivity index (χ1v) is 8.95. The maximum Gasteiger partial charge on any atom is 0.417 e. The van der Waals surface area contributed by atoms with Crippen molar-refractivity contribution in [3.63, 3.8) is 0 Å². The van der Waals surface area contributed by atoms with Crippen LogP contribution in [0.25, 0.3) is 17.2 Å². The first-order chi connectivity index (χ1) is 14.3. The summed E-state index contributed by atoms with van der Waals surface area (Å²) in [5.74, 6) is -1.15. The summed E-state index contributed by atoms with van der Waals surface area (Å²) >= 11 is 0. The number of Topliss-reactive ketones (excluding diaryl/α,β-unsaturated/α-hetero) is 1. The molecule has 0 bridgehead atoms. The van der Waals surface area contributed by atoms with Crippen molar-refractivity contribution < 1.29 is 22.8 Å². The number of nitrogens with one attached hydrogen (secondary N) is 1. The normalized spacial score (nSPS) is 11.0. The summed E-state index contributed by atoms with van der Waals surface area (Å²) in [4.78, 5) is 28.7. The second-order valence-electron chi connectivity index (χ2n) is 6.47. The molecule has 0 saturated carbocycles. The molecule has 152 valence electrons. The van der Waals surface area contributed by atoms with Gasteiger partial charge in [0, 0.05) is 29.2 Å². The van der Waals surface area contributed by atoms with Crippen LogP contribution in [-0.4, -0.2) is 16.7 Å². The molecule has 0 spiro atoms. The van der Waals surface area contributed by atoms with E-state index in [-0.39, 0.29) is 11.3 Å². The molecule has 1 N–H and O–H groups in total. The van der Waals surface area contributed by atoms with E-state index in [1.54, 1.807) is 36.7 Å². The summed E-state index contributed by atoms with van der Waals surface area (Å²) in [5, 5.41) is 2.35. The van der Waals surface area contributed by atoms with Crippen LogP contribution in [0.2, 0.25) is 0 Å². The zero-order valence-electron chi connectivity index (χ0n) is 15.7. The third kappa shape index (κ3) is 5.00. The van der Waals surface area contributed by atoms with Gasteiger partial charge in [-0.05, 0) is 35.4 Å². The maximum atomic E-state index is 13.1. The number of rotatable bonds is 6. The Bertz CT molecular complexity index is 1090. The topological polar surface area (TPSA) is 59.1 Å². The predicted molar refractivity (Wildman–Crippen MR) is 109 cm³/mol. The quantitative estimate of drug-likeness (QED) is 0.424. The summed E-state index contributed by atoms with van der Waals surface area (Å²) in [6, 6.07) is 13.7. The number of halogens is 3. The van der Waals surface area contributed by atoms with Gasteiger partial charge in [-0.3, -0.25) is 14.6 Å². The van der Waals surface area contributed by atoms with Crippen molar-refractivity contribution in [2.75, 3.05) is 5.32 Å². The molecule has 0 aliphatic heterocycles.